The van der Waals surface area contributed by atoms with Gasteiger partial charge in [-0.25, -0.2) is 27.2 Å². The van der Waals surface area contributed by atoms with E-state index in [1.807, 2.05) is 24.6 Å². The van der Waals surface area contributed by atoms with E-state index in [1.165, 1.54) is 7.05 Å². The van der Waals surface area contributed by atoms with E-state index >= 15 is 8.78 Å². The van der Waals surface area contributed by atoms with Crippen LogP contribution in [0.25, 0.3) is 11.4 Å². The van der Waals surface area contributed by atoms with Gasteiger partial charge in [0.2, 0.25) is 5.95 Å². The van der Waals surface area contributed by atoms with E-state index in [1.54, 1.807) is 12.5 Å². The molecule has 3 heterocycles. The first-order chi connectivity index (χ1) is 17.0. The third-order valence-corrected chi connectivity index (χ3v) is 7.08. The van der Waals surface area contributed by atoms with Gasteiger partial charge in [0, 0.05) is 37.7 Å². The van der Waals surface area contributed by atoms with Crippen LogP contribution in [-0.2, 0) is 16.9 Å². The maximum atomic E-state index is 15.0. The van der Waals surface area contributed by atoms with Gasteiger partial charge < -0.3 is 14.8 Å². The zero-order valence-electron chi connectivity index (χ0n) is 20.0. The van der Waals surface area contributed by atoms with E-state index < -0.39 is 32.1 Å². The summed E-state index contributed by atoms with van der Waals surface area (Å²) in [4.78, 5) is 14.3. The van der Waals surface area contributed by atoms with E-state index in [0.29, 0.717) is 23.0 Å². The van der Waals surface area contributed by atoms with Crippen LogP contribution in [0.4, 0.5) is 32.1 Å². The Morgan fingerprint density at radius 3 is 2.39 bits per heavy atom. The van der Waals surface area contributed by atoms with Crippen LogP contribution < -0.4 is 10.2 Å². The number of aromatic nitrogens is 6. The smallest absolute Gasteiger partial charge is 0.232 e. The molecular formula is C23H24F2N8O2S. The second kappa shape index (κ2) is 8.66. The molecule has 1 aliphatic rings. The molecule has 1 aromatic carbocycles. The molecule has 3 aromatic heterocycles. The van der Waals surface area contributed by atoms with Gasteiger partial charge in [-0.05, 0) is 37.8 Å². The number of hydrogen-bond donors (Lipinski definition) is 2. The first-order valence-corrected chi connectivity index (χ1v) is 13.0. The molecule has 2 N–H and O–H groups in total. The van der Waals surface area contributed by atoms with Crippen LogP contribution in [0.5, 0.6) is 0 Å². The molecule has 1 aliphatic carbocycles. The Labute approximate surface area is 206 Å². The summed E-state index contributed by atoms with van der Waals surface area (Å²) in [5.74, 6) is -0.882. The first kappa shape index (κ1) is 23.9. The summed E-state index contributed by atoms with van der Waals surface area (Å²) in [5.41, 5.74) is 2.53. The average Bonchev–Trinajstić information content (AvgIpc) is 3.42. The number of imidazole rings is 1. The monoisotopic (exact) mass is 514 g/mol. The molecule has 5 rings (SSSR count). The van der Waals surface area contributed by atoms with Gasteiger partial charge >= 0.3 is 0 Å². The molecule has 0 spiro atoms. The highest BCUT2D eigenvalue weighted by Gasteiger charge is 2.33. The van der Waals surface area contributed by atoms with Gasteiger partial charge in [0.15, 0.2) is 27.3 Å². The molecule has 0 radical (unpaired) electrons. The molecule has 13 heteroatoms. The van der Waals surface area contributed by atoms with Gasteiger partial charge in [-0.3, -0.25) is 5.10 Å². The Bertz CT molecular complexity index is 1550. The minimum absolute atomic E-state index is 0.00950. The first-order valence-electron chi connectivity index (χ1n) is 11.1. The van der Waals surface area contributed by atoms with Crippen LogP contribution in [0, 0.1) is 18.6 Å². The molecule has 4 aromatic rings. The van der Waals surface area contributed by atoms with E-state index in [9.17, 15) is 8.42 Å². The van der Waals surface area contributed by atoms with Gasteiger partial charge in [0.1, 0.15) is 11.5 Å². The summed E-state index contributed by atoms with van der Waals surface area (Å²) in [6.45, 7) is 1.87. The number of aryl methyl sites for hydroxylation is 2. The van der Waals surface area contributed by atoms with Crippen molar-refractivity contribution in [2.45, 2.75) is 30.6 Å². The number of benzene rings is 1. The zero-order chi connectivity index (χ0) is 25.8. The number of nitrogens with one attached hydrogen (secondary N) is 2. The number of hydrogen-bond acceptors (Lipinski definition) is 8. The maximum absolute atomic E-state index is 15.0. The minimum Gasteiger partial charge on any atom is -0.332 e. The normalized spacial score (nSPS) is 13.7. The quantitative estimate of drug-likeness (QED) is 0.380. The van der Waals surface area contributed by atoms with E-state index in [2.05, 4.69) is 25.5 Å². The standard InChI is InChI=1S/C23H24F2N8O2S/c1-12-7-18(31-30-12)27-22-19(13-5-6-13)20(17-10-26-11-32(17)2)28-23(29-22)33(3)21-15(24)8-14(9-16(21)25)36(4,34)35/h7-11,13H,5-6H2,1-4H3,(H2,27,28,29,30,31). The van der Waals surface area contributed by atoms with Gasteiger partial charge in [-0.2, -0.15) is 10.1 Å². The van der Waals surface area contributed by atoms with E-state index in [4.69, 9.17) is 4.98 Å². The van der Waals surface area contributed by atoms with Crippen LogP contribution >= 0.6 is 0 Å². The second-order valence-electron chi connectivity index (χ2n) is 8.93. The lowest BCUT2D eigenvalue weighted by atomic mass is 10.1. The van der Waals surface area contributed by atoms with Crippen molar-refractivity contribution < 1.29 is 17.2 Å². The fourth-order valence-electron chi connectivity index (χ4n) is 4.02. The Hall–Kier alpha value is -3.87. The van der Waals surface area contributed by atoms with Crippen molar-refractivity contribution in [1.82, 2.24) is 29.7 Å². The van der Waals surface area contributed by atoms with E-state index in [-0.39, 0.29) is 11.9 Å². The Morgan fingerprint density at radius 2 is 1.86 bits per heavy atom. The Balaban J connectivity index is 1.69. The van der Waals surface area contributed by atoms with Gasteiger partial charge in [0.05, 0.1) is 28.8 Å². The molecule has 0 amide bonds. The lowest BCUT2D eigenvalue weighted by molar-refractivity contribution is 0.569. The van der Waals surface area contributed by atoms with Crippen molar-refractivity contribution in [2.24, 2.45) is 7.05 Å². The number of halogens is 2. The molecule has 0 unspecified atom stereocenters. The lowest BCUT2D eigenvalue weighted by Gasteiger charge is -2.22. The minimum atomic E-state index is -3.80. The summed E-state index contributed by atoms with van der Waals surface area (Å²) in [5, 5.41) is 10.3. The van der Waals surface area contributed by atoms with Crippen molar-refractivity contribution >= 4 is 33.1 Å². The predicted octanol–water partition coefficient (Wildman–Crippen LogP) is 3.98. The number of aromatic amines is 1. The summed E-state index contributed by atoms with van der Waals surface area (Å²) >= 11 is 0. The zero-order valence-corrected chi connectivity index (χ0v) is 20.9. The van der Waals surface area contributed by atoms with Crippen LogP contribution in [0.2, 0.25) is 0 Å². The topological polar surface area (TPSA) is 122 Å². The number of rotatable bonds is 7. The van der Waals surface area contributed by atoms with Crippen molar-refractivity contribution in [3.63, 3.8) is 0 Å². The molecule has 0 bridgehead atoms. The SMILES string of the molecule is Cc1cc(Nc2nc(N(C)c3c(F)cc(S(C)(=O)=O)cc3F)nc(-c3cncn3C)c2C2CC2)n[nH]1. The van der Waals surface area contributed by atoms with Crippen molar-refractivity contribution in [3.05, 3.63) is 53.6 Å². The highest BCUT2D eigenvalue weighted by Crippen LogP contribution is 2.48. The molecule has 0 atom stereocenters. The molecular weight excluding hydrogens is 490 g/mol. The third-order valence-electron chi connectivity index (χ3n) is 5.99. The van der Waals surface area contributed by atoms with Crippen LogP contribution in [-0.4, -0.2) is 51.4 Å². The number of nitrogens with zero attached hydrogens (tertiary/aromatic N) is 6. The fourth-order valence-corrected chi connectivity index (χ4v) is 4.66. The highest BCUT2D eigenvalue weighted by atomic mass is 32.2. The Kier molecular flexibility index (Phi) is 5.74. The number of H-pyrrole nitrogens is 1. The van der Waals surface area contributed by atoms with Crippen LogP contribution in [0.1, 0.15) is 30.0 Å². The summed E-state index contributed by atoms with van der Waals surface area (Å²) in [7, 11) is -0.552. The third kappa shape index (κ3) is 4.41. The van der Waals surface area contributed by atoms with Gasteiger partial charge in [-0.15, -0.1) is 0 Å². The summed E-state index contributed by atoms with van der Waals surface area (Å²) in [6.07, 6.45) is 6.11. The summed E-state index contributed by atoms with van der Waals surface area (Å²) in [6, 6.07) is 3.39. The van der Waals surface area contributed by atoms with E-state index in [0.717, 1.165) is 47.4 Å². The van der Waals surface area contributed by atoms with Crippen molar-refractivity contribution in [2.75, 3.05) is 23.5 Å². The predicted molar refractivity (Wildman–Crippen MR) is 130 cm³/mol. The van der Waals surface area contributed by atoms with Crippen molar-refractivity contribution in [3.8, 4) is 11.4 Å². The maximum Gasteiger partial charge on any atom is 0.232 e. The molecule has 0 saturated heterocycles. The summed E-state index contributed by atoms with van der Waals surface area (Å²) < 4.78 is 55.5. The molecule has 1 saturated carbocycles. The second-order valence-corrected chi connectivity index (χ2v) is 10.9. The fraction of sp³-hybridized carbons (Fsp3) is 0.304. The Morgan fingerprint density at radius 1 is 1.17 bits per heavy atom. The van der Waals surface area contributed by atoms with Gasteiger partial charge in [-0.1, -0.05) is 0 Å². The highest BCUT2D eigenvalue weighted by molar-refractivity contribution is 7.90. The molecule has 36 heavy (non-hydrogen) atoms. The van der Waals surface area contributed by atoms with Crippen LogP contribution in [0.15, 0.2) is 35.6 Å². The van der Waals surface area contributed by atoms with Crippen LogP contribution in [0.3, 0.4) is 0 Å². The molecule has 0 aliphatic heterocycles. The van der Waals surface area contributed by atoms with Crippen molar-refractivity contribution in [1.29, 1.82) is 0 Å². The largest absolute Gasteiger partial charge is 0.332 e. The average molecular weight is 515 g/mol. The molecule has 10 nitrogen and oxygen atoms in total. The van der Waals surface area contributed by atoms with Gasteiger partial charge in [0.25, 0.3) is 0 Å². The molecule has 188 valence electrons. The number of sulfone groups is 1. The number of anilines is 4. The lowest BCUT2D eigenvalue weighted by Crippen LogP contribution is -2.19. The molecule has 1 fully saturated rings.